The molecule has 1 aliphatic rings. The van der Waals surface area contributed by atoms with E-state index in [0.29, 0.717) is 18.1 Å². The Labute approximate surface area is 87.2 Å². The molecule has 3 atom stereocenters. The van der Waals surface area contributed by atoms with Crippen LogP contribution in [-0.4, -0.2) is 39.5 Å². The molecule has 3 nitrogen and oxygen atoms in total. The molecule has 1 aliphatic heterocycles. The van der Waals surface area contributed by atoms with Crippen LogP contribution in [0.1, 0.15) is 26.2 Å². The van der Waals surface area contributed by atoms with Crippen molar-refractivity contribution >= 4 is 0 Å². The monoisotopic (exact) mass is 201 g/mol. The fraction of sp³-hybridized carbons (Fsp3) is 1.00. The molecule has 0 saturated carbocycles. The Morgan fingerprint density at radius 3 is 2.79 bits per heavy atom. The topological polar surface area (TPSA) is 30.5 Å². The number of hydrogen-bond acceptors (Lipinski definition) is 3. The molecule has 0 amide bonds. The SMILES string of the molecule is CCCC(OC)C(NC)C1CCOC1. The summed E-state index contributed by atoms with van der Waals surface area (Å²) in [5.41, 5.74) is 0. The van der Waals surface area contributed by atoms with Gasteiger partial charge in [-0.3, -0.25) is 0 Å². The molecule has 1 heterocycles. The number of ether oxygens (including phenoxy) is 2. The van der Waals surface area contributed by atoms with E-state index in [4.69, 9.17) is 9.47 Å². The maximum atomic E-state index is 5.54. The third-order valence-corrected chi connectivity index (χ3v) is 3.08. The van der Waals surface area contributed by atoms with Crippen molar-refractivity contribution in [1.82, 2.24) is 5.32 Å². The number of hydrogen-bond donors (Lipinski definition) is 1. The van der Waals surface area contributed by atoms with Gasteiger partial charge in [0.05, 0.1) is 12.7 Å². The summed E-state index contributed by atoms with van der Waals surface area (Å²) >= 11 is 0. The highest BCUT2D eigenvalue weighted by Crippen LogP contribution is 2.22. The molecule has 84 valence electrons. The van der Waals surface area contributed by atoms with Gasteiger partial charge in [-0.05, 0) is 19.9 Å². The van der Waals surface area contributed by atoms with E-state index < -0.39 is 0 Å². The molecule has 3 heteroatoms. The molecular weight excluding hydrogens is 178 g/mol. The fourth-order valence-corrected chi connectivity index (χ4v) is 2.29. The third-order valence-electron chi connectivity index (χ3n) is 3.08. The van der Waals surface area contributed by atoms with Crippen LogP contribution in [0.2, 0.25) is 0 Å². The zero-order valence-corrected chi connectivity index (χ0v) is 9.58. The van der Waals surface area contributed by atoms with Crippen LogP contribution in [0.3, 0.4) is 0 Å². The van der Waals surface area contributed by atoms with E-state index in [1.165, 1.54) is 6.42 Å². The summed E-state index contributed by atoms with van der Waals surface area (Å²) in [6.07, 6.45) is 3.79. The van der Waals surface area contributed by atoms with Gasteiger partial charge < -0.3 is 14.8 Å². The van der Waals surface area contributed by atoms with E-state index in [1.54, 1.807) is 7.11 Å². The van der Waals surface area contributed by atoms with Crippen LogP contribution < -0.4 is 5.32 Å². The van der Waals surface area contributed by atoms with Gasteiger partial charge in [-0.15, -0.1) is 0 Å². The third kappa shape index (κ3) is 2.94. The maximum Gasteiger partial charge on any atom is 0.0727 e. The van der Waals surface area contributed by atoms with E-state index in [0.717, 1.165) is 26.1 Å². The second kappa shape index (κ2) is 6.38. The normalized spacial score (nSPS) is 26.4. The average Bonchev–Trinajstić information content (AvgIpc) is 2.71. The molecule has 1 N–H and O–H groups in total. The van der Waals surface area contributed by atoms with Gasteiger partial charge in [-0.1, -0.05) is 13.3 Å². The van der Waals surface area contributed by atoms with Crippen molar-refractivity contribution in [3.05, 3.63) is 0 Å². The molecule has 1 rings (SSSR count). The highest BCUT2D eigenvalue weighted by Gasteiger charge is 2.30. The van der Waals surface area contributed by atoms with Crippen molar-refractivity contribution in [2.45, 2.75) is 38.3 Å². The van der Waals surface area contributed by atoms with Gasteiger partial charge in [0, 0.05) is 25.7 Å². The van der Waals surface area contributed by atoms with Crippen molar-refractivity contribution in [2.24, 2.45) is 5.92 Å². The minimum atomic E-state index is 0.330. The Morgan fingerprint density at radius 2 is 2.36 bits per heavy atom. The summed E-state index contributed by atoms with van der Waals surface area (Å²) in [5.74, 6) is 0.622. The molecule has 1 saturated heterocycles. The first-order chi connectivity index (χ1) is 6.83. The highest BCUT2D eigenvalue weighted by molar-refractivity contribution is 4.84. The van der Waals surface area contributed by atoms with Crippen molar-refractivity contribution in [3.63, 3.8) is 0 Å². The highest BCUT2D eigenvalue weighted by atomic mass is 16.5. The van der Waals surface area contributed by atoms with Crippen LogP contribution in [-0.2, 0) is 9.47 Å². The molecule has 0 aliphatic carbocycles. The smallest absolute Gasteiger partial charge is 0.0727 e. The van der Waals surface area contributed by atoms with Crippen molar-refractivity contribution in [3.8, 4) is 0 Å². The first-order valence-electron chi connectivity index (χ1n) is 5.61. The lowest BCUT2D eigenvalue weighted by atomic mass is 9.92. The van der Waals surface area contributed by atoms with Gasteiger partial charge in [-0.2, -0.15) is 0 Å². The van der Waals surface area contributed by atoms with E-state index in [9.17, 15) is 0 Å². The zero-order chi connectivity index (χ0) is 10.4. The number of nitrogens with one attached hydrogen (secondary N) is 1. The van der Waals surface area contributed by atoms with Crippen molar-refractivity contribution < 1.29 is 9.47 Å². The van der Waals surface area contributed by atoms with Gasteiger partial charge in [0.1, 0.15) is 0 Å². The lowest BCUT2D eigenvalue weighted by Crippen LogP contribution is -2.44. The number of rotatable bonds is 6. The predicted octanol–water partition coefficient (Wildman–Crippen LogP) is 1.43. The maximum absolute atomic E-state index is 5.54. The molecular formula is C11H23NO2. The fourth-order valence-electron chi connectivity index (χ4n) is 2.29. The summed E-state index contributed by atoms with van der Waals surface area (Å²) < 4.78 is 11.0. The van der Waals surface area contributed by atoms with Crippen molar-refractivity contribution in [2.75, 3.05) is 27.4 Å². The van der Waals surface area contributed by atoms with Crippen LogP contribution in [0.5, 0.6) is 0 Å². The largest absolute Gasteiger partial charge is 0.381 e. The summed E-state index contributed by atoms with van der Waals surface area (Å²) in [7, 11) is 3.82. The Hall–Kier alpha value is -0.120. The lowest BCUT2D eigenvalue weighted by molar-refractivity contribution is 0.0401. The van der Waals surface area contributed by atoms with Crippen molar-refractivity contribution in [1.29, 1.82) is 0 Å². The first kappa shape index (κ1) is 12.0. The van der Waals surface area contributed by atoms with Gasteiger partial charge in [0.15, 0.2) is 0 Å². The average molecular weight is 201 g/mol. The molecule has 14 heavy (non-hydrogen) atoms. The molecule has 3 unspecified atom stereocenters. The molecule has 0 spiro atoms. The molecule has 0 aromatic carbocycles. The standard InChI is InChI=1S/C11H23NO2/c1-4-5-10(13-3)11(12-2)9-6-7-14-8-9/h9-12H,4-8H2,1-3H3. The van der Waals surface area contributed by atoms with E-state index in [2.05, 4.69) is 12.2 Å². The van der Waals surface area contributed by atoms with Gasteiger partial charge in [-0.25, -0.2) is 0 Å². The molecule has 0 aromatic heterocycles. The van der Waals surface area contributed by atoms with E-state index in [-0.39, 0.29) is 0 Å². The molecule has 0 radical (unpaired) electrons. The van der Waals surface area contributed by atoms with Crippen LogP contribution in [0.25, 0.3) is 0 Å². The lowest BCUT2D eigenvalue weighted by Gasteiger charge is -2.29. The minimum Gasteiger partial charge on any atom is -0.381 e. The molecule has 1 fully saturated rings. The van der Waals surface area contributed by atoms with Crippen LogP contribution >= 0.6 is 0 Å². The summed E-state index contributed by atoms with van der Waals surface area (Å²) in [6, 6.07) is 0.447. The first-order valence-corrected chi connectivity index (χ1v) is 5.61. The zero-order valence-electron chi connectivity index (χ0n) is 9.58. The molecule has 0 bridgehead atoms. The summed E-state index contributed by atoms with van der Waals surface area (Å²) in [4.78, 5) is 0. The summed E-state index contributed by atoms with van der Waals surface area (Å²) in [6.45, 7) is 3.99. The van der Waals surface area contributed by atoms with E-state index >= 15 is 0 Å². The van der Waals surface area contributed by atoms with Crippen LogP contribution in [0, 0.1) is 5.92 Å². The number of methoxy groups -OCH3 is 1. The van der Waals surface area contributed by atoms with Gasteiger partial charge in [0.2, 0.25) is 0 Å². The van der Waals surface area contributed by atoms with Crippen LogP contribution in [0.15, 0.2) is 0 Å². The Balaban J connectivity index is 2.48. The second-order valence-corrected chi connectivity index (χ2v) is 4.00. The van der Waals surface area contributed by atoms with Gasteiger partial charge >= 0.3 is 0 Å². The Bertz CT molecular complexity index is 146. The quantitative estimate of drug-likeness (QED) is 0.705. The van der Waals surface area contributed by atoms with Crippen LogP contribution in [0.4, 0.5) is 0 Å². The molecule has 0 aromatic rings. The minimum absolute atomic E-state index is 0.330. The Morgan fingerprint density at radius 1 is 1.57 bits per heavy atom. The number of likely N-dealkylation sites (N-methyl/N-ethyl adjacent to an activating group) is 1. The Kier molecular flexibility index (Phi) is 5.45. The van der Waals surface area contributed by atoms with E-state index in [1.807, 2.05) is 7.05 Å². The van der Waals surface area contributed by atoms with Gasteiger partial charge in [0.25, 0.3) is 0 Å². The summed E-state index contributed by atoms with van der Waals surface area (Å²) in [5, 5.41) is 3.37. The predicted molar refractivity (Wildman–Crippen MR) is 57.5 cm³/mol. The second-order valence-electron chi connectivity index (χ2n) is 4.00.